The van der Waals surface area contributed by atoms with Gasteiger partial charge in [-0.25, -0.2) is 0 Å². The van der Waals surface area contributed by atoms with Gasteiger partial charge in [0.05, 0.1) is 5.69 Å². The minimum atomic E-state index is 0.691. The first-order valence-electron chi connectivity index (χ1n) is 4.92. The quantitative estimate of drug-likeness (QED) is 0.713. The SMILES string of the molecule is CCn1nccc1-c1cccc(C=O)c1. The lowest BCUT2D eigenvalue weighted by atomic mass is 10.1. The molecule has 0 radical (unpaired) electrons. The Balaban J connectivity index is 2.48. The molecule has 0 atom stereocenters. The number of carbonyl (C=O) groups is 1. The van der Waals surface area contributed by atoms with Gasteiger partial charge in [0.2, 0.25) is 0 Å². The number of carbonyl (C=O) groups excluding carboxylic acids is 1. The van der Waals surface area contributed by atoms with Crippen molar-refractivity contribution in [1.82, 2.24) is 9.78 Å². The van der Waals surface area contributed by atoms with Crippen LogP contribution in [0.5, 0.6) is 0 Å². The van der Waals surface area contributed by atoms with Gasteiger partial charge in [0.25, 0.3) is 0 Å². The zero-order valence-electron chi connectivity index (χ0n) is 8.55. The molecule has 1 aromatic heterocycles. The summed E-state index contributed by atoms with van der Waals surface area (Å²) in [7, 11) is 0. The standard InChI is InChI=1S/C12H12N2O/c1-2-14-12(6-7-13-14)11-5-3-4-10(8-11)9-15/h3-9H,2H2,1H3. The predicted octanol–water partition coefficient (Wildman–Crippen LogP) is 2.38. The first-order valence-corrected chi connectivity index (χ1v) is 4.92. The van der Waals surface area contributed by atoms with Crippen molar-refractivity contribution in [2.24, 2.45) is 0 Å². The highest BCUT2D eigenvalue weighted by atomic mass is 16.1. The topological polar surface area (TPSA) is 34.9 Å². The Morgan fingerprint density at radius 1 is 1.40 bits per heavy atom. The van der Waals surface area contributed by atoms with Crippen molar-refractivity contribution in [3.63, 3.8) is 0 Å². The third-order valence-corrected chi connectivity index (χ3v) is 2.33. The second-order valence-corrected chi connectivity index (χ2v) is 3.28. The first-order chi connectivity index (χ1) is 7.35. The van der Waals surface area contributed by atoms with Crippen molar-refractivity contribution in [1.29, 1.82) is 0 Å². The number of aldehydes is 1. The molecule has 0 amide bonds. The Bertz CT molecular complexity index is 474. The number of hydrogen-bond acceptors (Lipinski definition) is 2. The molecule has 1 aromatic carbocycles. The van der Waals surface area contributed by atoms with Gasteiger partial charge < -0.3 is 0 Å². The number of hydrogen-bond donors (Lipinski definition) is 0. The minimum Gasteiger partial charge on any atom is -0.298 e. The van der Waals surface area contributed by atoms with Gasteiger partial charge in [-0.1, -0.05) is 18.2 Å². The number of aromatic nitrogens is 2. The molecule has 0 saturated heterocycles. The summed E-state index contributed by atoms with van der Waals surface area (Å²) in [4.78, 5) is 10.7. The van der Waals surface area contributed by atoms with Crippen molar-refractivity contribution in [2.75, 3.05) is 0 Å². The second-order valence-electron chi connectivity index (χ2n) is 3.28. The van der Waals surface area contributed by atoms with Gasteiger partial charge in [-0.15, -0.1) is 0 Å². The van der Waals surface area contributed by atoms with E-state index in [-0.39, 0.29) is 0 Å². The predicted molar refractivity (Wildman–Crippen MR) is 58.7 cm³/mol. The smallest absolute Gasteiger partial charge is 0.150 e. The zero-order valence-corrected chi connectivity index (χ0v) is 8.55. The maximum absolute atomic E-state index is 10.7. The summed E-state index contributed by atoms with van der Waals surface area (Å²) in [6.45, 7) is 2.87. The van der Waals surface area contributed by atoms with Crippen molar-refractivity contribution >= 4 is 6.29 Å². The fourth-order valence-corrected chi connectivity index (χ4v) is 1.60. The molecule has 0 aliphatic carbocycles. The molecular weight excluding hydrogens is 188 g/mol. The summed E-state index contributed by atoms with van der Waals surface area (Å²) in [6.07, 6.45) is 2.63. The molecule has 1 heterocycles. The number of rotatable bonds is 3. The van der Waals surface area contributed by atoms with Gasteiger partial charge in [0, 0.05) is 23.9 Å². The fraction of sp³-hybridized carbons (Fsp3) is 0.167. The first kappa shape index (κ1) is 9.65. The summed E-state index contributed by atoms with van der Waals surface area (Å²) < 4.78 is 1.91. The molecular formula is C12H12N2O. The highest BCUT2D eigenvalue weighted by Crippen LogP contribution is 2.19. The molecule has 0 aliphatic rings. The van der Waals surface area contributed by atoms with Gasteiger partial charge in [-0.05, 0) is 19.1 Å². The highest BCUT2D eigenvalue weighted by Gasteiger charge is 2.03. The Morgan fingerprint density at radius 2 is 2.27 bits per heavy atom. The summed E-state index contributed by atoms with van der Waals surface area (Å²) in [6, 6.07) is 9.48. The van der Waals surface area contributed by atoms with E-state index in [1.807, 2.05) is 35.9 Å². The molecule has 0 bridgehead atoms. The highest BCUT2D eigenvalue weighted by molar-refractivity contribution is 5.78. The summed E-state index contributed by atoms with van der Waals surface area (Å²) >= 11 is 0. The maximum Gasteiger partial charge on any atom is 0.150 e. The van der Waals surface area contributed by atoms with Crippen LogP contribution in [0.2, 0.25) is 0 Å². The molecule has 0 saturated carbocycles. The van der Waals surface area contributed by atoms with E-state index in [2.05, 4.69) is 5.10 Å². The molecule has 3 nitrogen and oxygen atoms in total. The van der Waals surface area contributed by atoms with Crippen molar-refractivity contribution in [3.05, 3.63) is 42.1 Å². The Hall–Kier alpha value is -1.90. The Morgan fingerprint density at radius 3 is 3.00 bits per heavy atom. The molecule has 0 unspecified atom stereocenters. The normalized spacial score (nSPS) is 10.2. The molecule has 3 heteroatoms. The number of aryl methyl sites for hydroxylation is 1. The van der Waals surface area contributed by atoms with E-state index in [0.717, 1.165) is 24.1 Å². The van der Waals surface area contributed by atoms with Crippen LogP contribution < -0.4 is 0 Å². The molecule has 2 aromatic rings. The van der Waals surface area contributed by atoms with Gasteiger partial charge in [0.15, 0.2) is 0 Å². The van der Waals surface area contributed by atoms with Crippen LogP contribution in [0.1, 0.15) is 17.3 Å². The lowest BCUT2D eigenvalue weighted by Gasteiger charge is -2.04. The summed E-state index contributed by atoms with van der Waals surface area (Å²) in [5.41, 5.74) is 2.76. The van der Waals surface area contributed by atoms with Crippen LogP contribution in [0, 0.1) is 0 Å². The lowest BCUT2D eigenvalue weighted by molar-refractivity contribution is 0.112. The van der Waals surface area contributed by atoms with E-state index < -0.39 is 0 Å². The largest absolute Gasteiger partial charge is 0.298 e. The molecule has 15 heavy (non-hydrogen) atoms. The Kier molecular flexibility index (Phi) is 2.63. The molecule has 76 valence electrons. The van der Waals surface area contributed by atoms with Gasteiger partial charge >= 0.3 is 0 Å². The van der Waals surface area contributed by atoms with Crippen molar-refractivity contribution in [2.45, 2.75) is 13.5 Å². The van der Waals surface area contributed by atoms with Crippen LogP contribution in [0.15, 0.2) is 36.5 Å². The van der Waals surface area contributed by atoms with E-state index in [9.17, 15) is 4.79 Å². The van der Waals surface area contributed by atoms with Crippen molar-refractivity contribution < 1.29 is 4.79 Å². The maximum atomic E-state index is 10.7. The third-order valence-electron chi connectivity index (χ3n) is 2.33. The van der Waals surface area contributed by atoms with Crippen LogP contribution in [0.3, 0.4) is 0 Å². The molecule has 0 N–H and O–H groups in total. The average Bonchev–Trinajstić information content (AvgIpc) is 2.77. The molecule has 2 rings (SSSR count). The molecule has 0 aliphatic heterocycles. The summed E-state index contributed by atoms with van der Waals surface area (Å²) in [5, 5.41) is 4.19. The van der Waals surface area contributed by atoms with Gasteiger partial charge in [-0.2, -0.15) is 5.10 Å². The van der Waals surface area contributed by atoms with E-state index in [0.29, 0.717) is 5.56 Å². The van der Waals surface area contributed by atoms with Crippen LogP contribution in [-0.2, 0) is 6.54 Å². The number of benzene rings is 1. The van der Waals surface area contributed by atoms with E-state index >= 15 is 0 Å². The van der Waals surface area contributed by atoms with Crippen LogP contribution >= 0.6 is 0 Å². The van der Waals surface area contributed by atoms with Crippen molar-refractivity contribution in [3.8, 4) is 11.3 Å². The van der Waals surface area contributed by atoms with Crippen LogP contribution in [0.25, 0.3) is 11.3 Å². The van der Waals surface area contributed by atoms with E-state index in [1.165, 1.54) is 0 Å². The average molecular weight is 200 g/mol. The Labute approximate surface area is 88.4 Å². The van der Waals surface area contributed by atoms with E-state index in [4.69, 9.17) is 0 Å². The van der Waals surface area contributed by atoms with Gasteiger partial charge in [-0.3, -0.25) is 9.48 Å². The zero-order chi connectivity index (χ0) is 10.7. The second kappa shape index (κ2) is 4.09. The van der Waals surface area contributed by atoms with E-state index in [1.54, 1.807) is 12.3 Å². The third kappa shape index (κ3) is 1.81. The fourth-order valence-electron chi connectivity index (χ4n) is 1.60. The summed E-state index contributed by atoms with van der Waals surface area (Å²) in [5.74, 6) is 0. The molecule has 0 fully saturated rings. The number of nitrogens with zero attached hydrogens (tertiary/aromatic N) is 2. The minimum absolute atomic E-state index is 0.691. The van der Waals surface area contributed by atoms with Crippen LogP contribution in [0.4, 0.5) is 0 Å². The van der Waals surface area contributed by atoms with Gasteiger partial charge in [0.1, 0.15) is 6.29 Å². The lowest BCUT2D eigenvalue weighted by Crippen LogP contribution is -1.98. The molecule has 0 spiro atoms. The monoisotopic (exact) mass is 200 g/mol. The van der Waals surface area contributed by atoms with Crippen LogP contribution in [-0.4, -0.2) is 16.1 Å².